The van der Waals surface area contributed by atoms with Gasteiger partial charge in [-0.3, -0.25) is 14.7 Å². The highest BCUT2D eigenvalue weighted by atomic mass is 19.1. The molecule has 0 unspecified atom stereocenters. The highest BCUT2D eigenvalue weighted by Crippen LogP contribution is 2.40. The third-order valence-electron chi connectivity index (χ3n) is 10.2. The van der Waals surface area contributed by atoms with Gasteiger partial charge in [0, 0.05) is 31.4 Å². The number of rotatable bonds is 7. The van der Waals surface area contributed by atoms with Gasteiger partial charge in [0.1, 0.15) is 35.5 Å². The number of ether oxygens (including phenoxy) is 1. The molecular formula is C34H36F3N7O2. The standard InChI is InChI=1S/C34H36F3N7O2/c1-21(35)32(45)44-16-15-42(19-22(44)17-38-2)31-26-18-39-29(25-9-10-27(36)24-8-4-3-7-23(24)25)28(37)30(26)40-33(41-31)46-20-34-11-5-13-43(34)14-6-12-34/h9-10,18,22H,1,3-8,11-17,19-20H2/t22-/m0/s1. The van der Waals surface area contributed by atoms with Crippen LogP contribution in [-0.4, -0.2) is 88.1 Å². The first-order valence-electron chi connectivity index (χ1n) is 16.1. The van der Waals surface area contributed by atoms with Gasteiger partial charge < -0.3 is 19.4 Å². The van der Waals surface area contributed by atoms with E-state index in [1.165, 1.54) is 17.2 Å². The van der Waals surface area contributed by atoms with Crippen molar-refractivity contribution in [1.82, 2.24) is 24.8 Å². The molecule has 46 heavy (non-hydrogen) atoms. The van der Waals surface area contributed by atoms with E-state index in [9.17, 15) is 13.6 Å². The van der Waals surface area contributed by atoms with Crippen molar-refractivity contribution in [3.8, 4) is 17.3 Å². The largest absolute Gasteiger partial charge is 0.461 e. The topological polar surface area (TPSA) is 79.1 Å². The summed E-state index contributed by atoms with van der Waals surface area (Å²) in [5.41, 5.74) is 1.99. The van der Waals surface area contributed by atoms with Crippen molar-refractivity contribution in [2.75, 3.05) is 50.8 Å². The van der Waals surface area contributed by atoms with E-state index >= 15 is 4.39 Å². The van der Waals surface area contributed by atoms with Crippen LogP contribution in [0.5, 0.6) is 6.01 Å². The minimum Gasteiger partial charge on any atom is -0.461 e. The lowest BCUT2D eigenvalue weighted by atomic mass is 9.86. The molecule has 0 bridgehead atoms. The van der Waals surface area contributed by atoms with Gasteiger partial charge >= 0.3 is 6.01 Å². The average Bonchev–Trinajstić information content (AvgIpc) is 3.65. The molecule has 3 aromatic rings. The lowest BCUT2D eigenvalue weighted by Gasteiger charge is -2.39. The molecule has 9 nitrogen and oxygen atoms in total. The minimum absolute atomic E-state index is 0.0310. The number of aromatic nitrogens is 3. The second-order valence-electron chi connectivity index (χ2n) is 12.8. The molecule has 0 spiro atoms. The molecule has 0 saturated carbocycles. The molecule has 1 aliphatic carbocycles. The Morgan fingerprint density at radius 2 is 1.83 bits per heavy atom. The molecule has 240 valence electrons. The van der Waals surface area contributed by atoms with Crippen LogP contribution in [0.3, 0.4) is 0 Å². The summed E-state index contributed by atoms with van der Waals surface area (Å²) in [5.74, 6) is -2.49. The van der Waals surface area contributed by atoms with Gasteiger partial charge in [-0.2, -0.15) is 9.97 Å². The van der Waals surface area contributed by atoms with E-state index in [0.717, 1.165) is 57.2 Å². The Morgan fingerprint density at radius 3 is 2.57 bits per heavy atom. The lowest BCUT2D eigenvalue weighted by molar-refractivity contribution is -0.131. The summed E-state index contributed by atoms with van der Waals surface area (Å²) < 4.78 is 51.6. The molecule has 3 aliphatic heterocycles. The van der Waals surface area contributed by atoms with E-state index in [0.29, 0.717) is 41.8 Å². The zero-order valence-electron chi connectivity index (χ0n) is 25.7. The zero-order chi connectivity index (χ0) is 32.0. The van der Waals surface area contributed by atoms with Crippen LogP contribution in [0, 0.1) is 18.2 Å². The predicted molar refractivity (Wildman–Crippen MR) is 167 cm³/mol. The summed E-state index contributed by atoms with van der Waals surface area (Å²) in [7, 11) is 0. The Kier molecular flexibility index (Phi) is 8.05. The molecule has 3 fully saturated rings. The third-order valence-corrected chi connectivity index (χ3v) is 10.2. The number of benzene rings is 1. The molecule has 3 saturated heterocycles. The van der Waals surface area contributed by atoms with Crippen LogP contribution in [0.25, 0.3) is 27.0 Å². The molecule has 1 amide bonds. The maximum Gasteiger partial charge on any atom is 0.319 e. The Labute approximate surface area is 265 Å². The van der Waals surface area contributed by atoms with Gasteiger partial charge in [-0.25, -0.2) is 19.7 Å². The molecule has 1 aromatic carbocycles. The Bertz CT molecular complexity index is 1750. The Balaban J connectivity index is 1.31. The quantitative estimate of drug-likeness (QED) is 0.260. The zero-order valence-corrected chi connectivity index (χ0v) is 25.7. The second kappa shape index (κ2) is 12.2. The molecule has 1 atom stereocenters. The summed E-state index contributed by atoms with van der Waals surface area (Å²) in [6.45, 7) is 13.5. The first-order valence-corrected chi connectivity index (χ1v) is 16.1. The SMILES string of the molecule is [C-]#[N+]C[C@H]1CN(c2nc(OCC34CCCN3CCC4)nc3c(F)c(-c4ccc(F)c5c4CCCC5)ncc23)CCN1C(=O)C(=C)F. The van der Waals surface area contributed by atoms with Crippen LogP contribution >= 0.6 is 0 Å². The smallest absolute Gasteiger partial charge is 0.319 e. The van der Waals surface area contributed by atoms with E-state index in [-0.39, 0.29) is 54.8 Å². The van der Waals surface area contributed by atoms with Gasteiger partial charge in [0.15, 0.2) is 11.6 Å². The van der Waals surface area contributed by atoms with Crippen LogP contribution < -0.4 is 9.64 Å². The number of halogens is 3. The number of amides is 1. The summed E-state index contributed by atoms with van der Waals surface area (Å²) in [5, 5.41) is 0.349. The van der Waals surface area contributed by atoms with Crippen LogP contribution in [0.1, 0.15) is 49.7 Å². The number of fused-ring (bicyclic) bond motifs is 3. The van der Waals surface area contributed by atoms with Gasteiger partial charge in [-0.05, 0) is 87.7 Å². The molecule has 2 aromatic heterocycles. The Morgan fingerprint density at radius 1 is 1.07 bits per heavy atom. The second-order valence-corrected chi connectivity index (χ2v) is 12.8. The number of carbonyl (C=O) groups is 1. The number of hydrogen-bond donors (Lipinski definition) is 0. The third kappa shape index (κ3) is 5.24. The number of anilines is 1. The van der Waals surface area contributed by atoms with Crippen molar-refractivity contribution in [2.45, 2.75) is 62.9 Å². The summed E-state index contributed by atoms with van der Waals surface area (Å²) >= 11 is 0. The van der Waals surface area contributed by atoms with Gasteiger partial charge in [0.05, 0.1) is 10.9 Å². The van der Waals surface area contributed by atoms with Crippen molar-refractivity contribution in [3.63, 3.8) is 0 Å². The van der Waals surface area contributed by atoms with Crippen molar-refractivity contribution in [3.05, 3.63) is 64.9 Å². The maximum absolute atomic E-state index is 16.7. The highest BCUT2D eigenvalue weighted by Gasteiger charge is 2.45. The molecular weight excluding hydrogens is 595 g/mol. The average molecular weight is 632 g/mol. The first kappa shape index (κ1) is 30.4. The van der Waals surface area contributed by atoms with Crippen LogP contribution in [0.4, 0.5) is 19.0 Å². The normalized spacial score (nSPS) is 20.8. The monoisotopic (exact) mass is 631 g/mol. The minimum atomic E-state index is -1.08. The molecule has 7 rings (SSSR count). The van der Waals surface area contributed by atoms with E-state index < -0.39 is 23.6 Å². The van der Waals surface area contributed by atoms with E-state index in [1.807, 2.05) is 4.90 Å². The van der Waals surface area contributed by atoms with Crippen LogP contribution in [0.2, 0.25) is 0 Å². The lowest BCUT2D eigenvalue weighted by Crippen LogP contribution is -2.56. The van der Waals surface area contributed by atoms with E-state index in [1.54, 1.807) is 6.07 Å². The van der Waals surface area contributed by atoms with Crippen molar-refractivity contribution < 1.29 is 22.7 Å². The number of hydrogen-bond acceptors (Lipinski definition) is 7. The maximum atomic E-state index is 16.7. The molecule has 0 N–H and O–H groups in total. The fraction of sp³-hybridized carbons (Fsp3) is 0.500. The predicted octanol–water partition coefficient (Wildman–Crippen LogP) is 5.28. The first-order chi connectivity index (χ1) is 22.3. The van der Waals surface area contributed by atoms with Gasteiger partial charge in [0.25, 0.3) is 5.91 Å². The number of piperazine rings is 1. The van der Waals surface area contributed by atoms with Crippen molar-refractivity contribution in [1.29, 1.82) is 0 Å². The molecule has 5 heterocycles. The summed E-state index contributed by atoms with van der Waals surface area (Å²) in [4.78, 5) is 35.6. The highest BCUT2D eigenvalue weighted by molar-refractivity contribution is 5.93. The number of nitrogens with zero attached hydrogens (tertiary/aromatic N) is 7. The molecule has 0 radical (unpaired) electrons. The molecule has 12 heteroatoms. The summed E-state index contributed by atoms with van der Waals surface area (Å²) in [6, 6.07) is 2.37. The van der Waals surface area contributed by atoms with Crippen LogP contribution in [0.15, 0.2) is 30.7 Å². The summed E-state index contributed by atoms with van der Waals surface area (Å²) in [6.07, 6.45) is 8.75. The fourth-order valence-corrected chi connectivity index (χ4v) is 7.95. The van der Waals surface area contributed by atoms with Crippen LogP contribution in [-0.2, 0) is 17.6 Å². The van der Waals surface area contributed by atoms with Gasteiger partial charge in [-0.1, -0.05) is 6.58 Å². The molecule has 4 aliphatic rings. The van der Waals surface area contributed by atoms with Gasteiger partial charge in [-0.15, -0.1) is 0 Å². The Hall–Kier alpha value is -4.24. The van der Waals surface area contributed by atoms with Crippen molar-refractivity contribution >= 4 is 22.6 Å². The number of carbonyl (C=O) groups excluding carboxylic acids is 1. The van der Waals surface area contributed by atoms with Crippen molar-refractivity contribution in [2.24, 2.45) is 0 Å². The fourth-order valence-electron chi connectivity index (χ4n) is 7.95. The van der Waals surface area contributed by atoms with Gasteiger partial charge in [0.2, 0.25) is 6.54 Å². The number of pyridine rings is 1. The van der Waals surface area contributed by atoms with E-state index in [4.69, 9.17) is 16.3 Å². The van der Waals surface area contributed by atoms with E-state index in [2.05, 4.69) is 26.3 Å².